The van der Waals surface area contributed by atoms with Gasteiger partial charge in [0.25, 0.3) is 0 Å². The highest BCUT2D eigenvalue weighted by atomic mass is 32.2. The van der Waals surface area contributed by atoms with Crippen LogP contribution in [0, 0.1) is 11.8 Å². The Kier molecular flexibility index (Phi) is 5.86. The molecule has 1 aliphatic heterocycles. The van der Waals surface area contributed by atoms with Gasteiger partial charge in [0, 0.05) is 32.1 Å². The number of amides is 1. The van der Waals surface area contributed by atoms with E-state index < -0.39 is 16.0 Å². The maximum atomic E-state index is 12.8. The van der Waals surface area contributed by atoms with Gasteiger partial charge in [-0.2, -0.15) is 4.31 Å². The lowest BCUT2D eigenvalue weighted by Gasteiger charge is -2.33. The van der Waals surface area contributed by atoms with Gasteiger partial charge in [-0.1, -0.05) is 0 Å². The molecular weight excluding hydrogens is 368 g/mol. The average molecular weight is 394 g/mol. The van der Waals surface area contributed by atoms with Crippen LogP contribution in [0.25, 0.3) is 0 Å². The minimum Gasteiger partial charge on any atom is -0.478 e. The third kappa shape index (κ3) is 4.50. The summed E-state index contributed by atoms with van der Waals surface area (Å²) in [6.45, 7) is 4.12. The van der Waals surface area contributed by atoms with Crippen LogP contribution < -0.4 is 0 Å². The number of rotatable bonds is 7. The largest absolute Gasteiger partial charge is 0.478 e. The first kappa shape index (κ1) is 19.8. The number of hydrogen-bond donors (Lipinski definition) is 1. The third-order valence-corrected chi connectivity index (χ3v) is 7.32. The van der Waals surface area contributed by atoms with Crippen LogP contribution in [0.4, 0.5) is 0 Å². The number of sulfonamides is 1. The molecule has 1 N–H and O–H groups in total. The highest BCUT2D eigenvalue weighted by molar-refractivity contribution is 7.89. The van der Waals surface area contributed by atoms with Gasteiger partial charge in [-0.05, 0) is 62.8 Å². The summed E-state index contributed by atoms with van der Waals surface area (Å²) in [5.41, 5.74) is 0.0496. The molecule has 2 fully saturated rings. The lowest BCUT2D eigenvalue weighted by Crippen LogP contribution is -2.44. The lowest BCUT2D eigenvalue weighted by atomic mass is 9.96. The first-order chi connectivity index (χ1) is 12.8. The topological polar surface area (TPSA) is 95.0 Å². The maximum absolute atomic E-state index is 12.8. The highest BCUT2D eigenvalue weighted by Gasteiger charge is 2.35. The van der Waals surface area contributed by atoms with Crippen LogP contribution in [0.2, 0.25) is 0 Å². The molecule has 0 spiro atoms. The van der Waals surface area contributed by atoms with E-state index in [1.165, 1.54) is 41.4 Å². The highest BCUT2D eigenvalue weighted by Crippen LogP contribution is 2.31. The molecule has 148 valence electrons. The van der Waals surface area contributed by atoms with E-state index in [0.29, 0.717) is 38.4 Å². The summed E-state index contributed by atoms with van der Waals surface area (Å²) in [5.74, 6) is -0.426. The van der Waals surface area contributed by atoms with Gasteiger partial charge >= 0.3 is 5.97 Å². The van der Waals surface area contributed by atoms with E-state index in [9.17, 15) is 18.0 Å². The molecule has 2 aliphatic rings. The van der Waals surface area contributed by atoms with Crippen LogP contribution in [-0.2, 0) is 14.8 Å². The van der Waals surface area contributed by atoms with Crippen LogP contribution in [0.3, 0.4) is 0 Å². The summed E-state index contributed by atoms with van der Waals surface area (Å²) in [6.07, 6.45) is 3.43. The normalized spacial score (nSPS) is 19.0. The molecule has 1 saturated heterocycles. The fourth-order valence-electron chi connectivity index (χ4n) is 3.51. The molecule has 0 atom stereocenters. The number of nitrogens with zero attached hydrogens (tertiary/aromatic N) is 2. The van der Waals surface area contributed by atoms with E-state index in [1.807, 2.05) is 11.8 Å². The van der Waals surface area contributed by atoms with Crippen LogP contribution in [0.5, 0.6) is 0 Å². The minimum absolute atomic E-state index is 0.0496. The van der Waals surface area contributed by atoms with Crippen molar-refractivity contribution in [2.45, 2.75) is 37.5 Å². The summed E-state index contributed by atoms with van der Waals surface area (Å²) in [4.78, 5) is 25.6. The van der Waals surface area contributed by atoms with Crippen molar-refractivity contribution in [3.8, 4) is 0 Å². The third-order valence-electron chi connectivity index (χ3n) is 5.41. The number of carboxylic acid groups (broad SMARTS) is 1. The number of hydrogen-bond acceptors (Lipinski definition) is 4. The molecule has 0 bridgehead atoms. The molecule has 7 nitrogen and oxygen atoms in total. The van der Waals surface area contributed by atoms with Crippen molar-refractivity contribution in [1.82, 2.24) is 9.21 Å². The van der Waals surface area contributed by atoms with Crippen molar-refractivity contribution in [2.24, 2.45) is 11.8 Å². The molecule has 1 amide bonds. The number of carbonyl (C=O) groups is 2. The fraction of sp³-hybridized carbons (Fsp3) is 0.579. The zero-order valence-electron chi connectivity index (χ0n) is 15.5. The van der Waals surface area contributed by atoms with Crippen molar-refractivity contribution in [2.75, 3.05) is 26.2 Å². The number of benzene rings is 1. The second kappa shape index (κ2) is 7.98. The number of carbonyl (C=O) groups excluding carboxylic acids is 1. The Morgan fingerprint density at radius 1 is 1.11 bits per heavy atom. The second-order valence-corrected chi connectivity index (χ2v) is 9.27. The molecule has 0 radical (unpaired) electrons. The van der Waals surface area contributed by atoms with Crippen molar-refractivity contribution in [3.63, 3.8) is 0 Å². The summed E-state index contributed by atoms with van der Waals surface area (Å²) in [6, 6.07) is 5.24. The SMILES string of the molecule is CCN(CC1CC1)C(=O)C1CCN(S(=O)(=O)c2ccc(C(=O)O)cc2)CC1. The quantitative estimate of drug-likeness (QED) is 0.764. The molecule has 1 aromatic rings. The minimum atomic E-state index is -3.67. The van der Waals surface area contributed by atoms with Crippen LogP contribution >= 0.6 is 0 Å². The Labute approximate surface area is 160 Å². The number of carboxylic acids is 1. The summed E-state index contributed by atoms with van der Waals surface area (Å²) < 4.78 is 26.9. The first-order valence-corrected chi connectivity index (χ1v) is 10.9. The predicted octanol–water partition coefficient (Wildman–Crippen LogP) is 2.04. The number of aromatic carboxylic acids is 1. The zero-order chi connectivity index (χ0) is 19.6. The summed E-state index contributed by atoms with van der Waals surface area (Å²) >= 11 is 0. The number of piperidine rings is 1. The molecule has 0 unspecified atom stereocenters. The van der Waals surface area contributed by atoms with Crippen molar-refractivity contribution >= 4 is 21.9 Å². The molecule has 1 aromatic carbocycles. The molecule has 1 heterocycles. The van der Waals surface area contributed by atoms with Gasteiger partial charge in [-0.3, -0.25) is 4.79 Å². The van der Waals surface area contributed by atoms with E-state index >= 15 is 0 Å². The van der Waals surface area contributed by atoms with Gasteiger partial charge in [0.2, 0.25) is 15.9 Å². The molecule has 1 aliphatic carbocycles. The summed E-state index contributed by atoms with van der Waals surface area (Å²) in [5, 5.41) is 8.94. The van der Waals surface area contributed by atoms with Crippen molar-refractivity contribution in [3.05, 3.63) is 29.8 Å². The van der Waals surface area contributed by atoms with Crippen molar-refractivity contribution < 1.29 is 23.1 Å². The average Bonchev–Trinajstić information content (AvgIpc) is 3.50. The van der Waals surface area contributed by atoms with Crippen LogP contribution in [0.1, 0.15) is 43.0 Å². The molecule has 1 saturated carbocycles. The molecule has 27 heavy (non-hydrogen) atoms. The molecule has 3 rings (SSSR count). The first-order valence-electron chi connectivity index (χ1n) is 9.45. The van der Waals surface area contributed by atoms with Gasteiger partial charge in [0.05, 0.1) is 10.5 Å². The van der Waals surface area contributed by atoms with Gasteiger partial charge in [0.1, 0.15) is 0 Å². The van der Waals surface area contributed by atoms with Gasteiger partial charge in [-0.25, -0.2) is 13.2 Å². The lowest BCUT2D eigenvalue weighted by molar-refractivity contribution is -0.136. The van der Waals surface area contributed by atoms with E-state index in [1.54, 1.807) is 0 Å². The smallest absolute Gasteiger partial charge is 0.335 e. The molecule has 8 heteroatoms. The van der Waals surface area contributed by atoms with Gasteiger partial charge < -0.3 is 10.0 Å². The molecular formula is C19H26N2O5S. The Hall–Kier alpha value is -1.93. The summed E-state index contributed by atoms with van der Waals surface area (Å²) in [7, 11) is -3.67. The van der Waals surface area contributed by atoms with E-state index in [-0.39, 0.29) is 22.3 Å². The fourth-order valence-corrected chi connectivity index (χ4v) is 4.98. The second-order valence-electron chi connectivity index (χ2n) is 7.33. The van der Waals surface area contributed by atoms with Crippen LogP contribution in [0.15, 0.2) is 29.2 Å². The van der Waals surface area contributed by atoms with Gasteiger partial charge in [0.15, 0.2) is 0 Å². The Bertz CT molecular complexity index is 794. The maximum Gasteiger partial charge on any atom is 0.335 e. The Morgan fingerprint density at radius 2 is 1.70 bits per heavy atom. The monoisotopic (exact) mass is 394 g/mol. The van der Waals surface area contributed by atoms with E-state index in [0.717, 1.165) is 6.54 Å². The van der Waals surface area contributed by atoms with E-state index in [4.69, 9.17) is 5.11 Å². The van der Waals surface area contributed by atoms with Gasteiger partial charge in [-0.15, -0.1) is 0 Å². The predicted molar refractivity (Wildman–Crippen MR) is 99.9 cm³/mol. The Balaban J connectivity index is 1.61. The standard InChI is InChI=1S/C19H26N2O5S/c1-2-20(13-14-3-4-14)18(22)15-9-11-21(12-10-15)27(25,26)17-7-5-16(6-8-17)19(23)24/h5-8,14-15H,2-4,9-13H2,1H3,(H,23,24). The zero-order valence-corrected chi connectivity index (χ0v) is 16.3. The van der Waals surface area contributed by atoms with E-state index in [2.05, 4.69) is 0 Å². The Morgan fingerprint density at radius 3 is 2.19 bits per heavy atom. The molecule has 0 aromatic heterocycles. The van der Waals surface area contributed by atoms with Crippen LogP contribution in [-0.4, -0.2) is 60.8 Å². The van der Waals surface area contributed by atoms with Crippen molar-refractivity contribution in [1.29, 1.82) is 0 Å².